The molecular weight excluding hydrogens is 320 g/mol. The van der Waals surface area contributed by atoms with Gasteiger partial charge in [0.2, 0.25) is 6.29 Å². The molecule has 7 nitrogen and oxygen atoms in total. The number of aldehydes is 1. The number of carboxylic acids is 1. The molecule has 0 spiro atoms. The van der Waals surface area contributed by atoms with Crippen molar-refractivity contribution in [1.29, 1.82) is 0 Å². The Hall–Kier alpha value is -3.74. The summed E-state index contributed by atoms with van der Waals surface area (Å²) in [6.07, 6.45) is 6.90. The number of hydrogen-bond acceptors (Lipinski definition) is 6. The zero-order valence-corrected chi connectivity index (χ0v) is 13.1. The number of carbonyl (C=O) groups excluding carboxylic acids is 1. The highest BCUT2D eigenvalue weighted by Gasteiger charge is 1.89. The summed E-state index contributed by atoms with van der Waals surface area (Å²) in [7, 11) is 0. The molecular formula is C18H14N4O3. The number of carbonyl (C=O) groups is 2. The van der Waals surface area contributed by atoms with Gasteiger partial charge in [-0.05, 0) is 48.5 Å². The van der Waals surface area contributed by atoms with Gasteiger partial charge in [-0.1, -0.05) is 0 Å². The van der Waals surface area contributed by atoms with Gasteiger partial charge in [0.05, 0.1) is 22.1 Å². The monoisotopic (exact) mass is 334 g/mol. The van der Waals surface area contributed by atoms with Crippen LogP contribution < -0.4 is 0 Å². The Bertz CT molecular complexity index is 774. The third-order valence-electron chi connectivity index (χ3n) is 2.84. The molecule has 0 aromatic carbocycles. The molecule has 0 fully saturated rings. The molecule has 0 unspecified atom stereocenters. The second kappa shape index (κ2) is 9.41. The third kappa shape index (κ3) is 5.76. The van der Waals surface area contributed by atoms with E-state index in [-0.39, 0.29) is 6.29 Å². The van der Waals surface area contributed by atoms with Gasteiger partial charge in [-0.25, -0.2) is 4.79 Å². The maximum atomic E-state index is 9.00. The van der Waals surface area contributed by atoms with E-state index >= 15 is 0 Å². The normalized spacial score (nSPS) is 9.28. The summed E-state index contributed by atoms with van der Waals surface area (Å²) < 4.78 is 0. The number of hydrogen-bond donors (Lipinski definition) is 1. The zero-order valence-electron chi connectivity index (χ0n) is 13.1. The molecule has 0 saturated carbocycles. The largest absolute Gasteiger partial charge is 0.476 e. The van der Waals surface area contributed by atoms with E-state index in [0.29, 0.717) is 0 Å². The van der Waals surface area contributed by atoms with Crippen molar-refractivity contribution in [3.8, 4) is 0 Å². The number of nitrogens with zero attached hydrogens (tertiary/aromatic N) is 4. The standard InChI is InChI=1S/2C8H6N2.C2H2O3/c2*1-3-7-8(9-5-1)4-2-6-10-7;3-1-2(4)5/h2*1-6H;1H,(H,4,5). The number of aromatic nitrogens is 4. The van der Waals surface area contributed by atoms with Crippen molar-refractivity contribution in [3.63, 3.8) is 0 Å². The maximum Gasteiger partial charge on any atom is 0.368 e. The van der Waals surface area contributed by atoms with Crippen molar-refractivity contribution in [1.82, 2.24) is 19.9 Å². The highest BCUT2D eigenvalue weighted by Crippen LogP contribution is 2.05. The van der Waals surface area contributed by atoms with Crippen molar-refractivity contribution >= 4 is 34.3 Å². The van der Waals surface area contributed by atoms with E-state index < -0.39 is 5.97 Å². The van der Waals surface area contributed by atoms with Crippen LogP contribution in [0.1, 0.15) is 0 Å². The van der Waals surface area contributed by atoms with Crippen LogP contribution >= 0.6 is 0 Å². The lowest BCUT2D eigenvalue weighted by Gasteiger charge is -1.90. The van der Waals surface area contributed by atoms with E-state index in [2.05, 4.69) is 19.9 Å². The van der Waals surface area contributed by atoms with E-state index in [1.807, 2.05) is 48.5 Å². The average molecular weight is 334 g/mol. The molecule has 0 aliphatic heterocycles. The Balaban J connectivity index is 0.000000144. The first-order valence-corrected chi connectivity index (χ1v) is 7.20. The molecule has 0 amide bonds. The minimum Gasteiger partial charge on any atom is -0.476 e. The Morgan fingerprint density at radius 3 is 1.12 bits per heavy atom. The van der Waals surface area contributed by atoms with Gasteiger partial charge in [0.1, 0.15) is 0 Å². The van der Waals surface area contributed by atoms with Gasteiger partial charge in [-0.3, -0.25) is 24.7 Å². The van der Waals surface area contributed by atoms with Crippen LogP contribution in [0, 0.1) is 0 Å². The predicted molar refractivity (Wildman–Crippen MR) is 92.8 cm³/mol. The predicted octanol–water partition coefficient (Wildman–Crippen LogP) is 2.53. The van der Waals surface area contributed by atoms with Gasteiger partial charge >= 0.3 is 5.97 Å². The Morgan fingerprint density at radius 2 is 0.920 bits per heavy atom. The zero-order chi connectivity index (χ0) is 17.9. The van der Waals surface area contributed by atoms with Crippen molar-refractivity contribution in [2.24, 2.45) is 0 Å². The first kappa shape index (κ1) is 17.6. The highest BCUT2D eigenvalue weighted by atomic mass is 16.4. The lowest BCUT2D eigenvalue weighted by atomic mass is 10.3. The maximum absolute atomic E-state index is 9.00. The van der Waals surface area contributed by atoms with Crippen molar-refractivity contribution in [3.05, 3.63) is 73.3 Å². The van der Waals surface area contributed by atoms with E-state index in [1.165, 1.54) is 0 Å². The molecule has 4 heterocycles. The lowest BCUT2D eigenvalue weighted by Crippen LogP contribution is -1.91. The topological polar surface area (TPSA) is 106 Å². The number of carboxylic acid groups (broad SMARTS) is 1. The van der Waals surface area contributed by atoms with Crippen molar-refractivity contribution in [2.45, 2.75) is 0 Å². The summed E-state index contributed by atoms with van der Waals surface area (Å²) in [5, 5.41) is 7.35. The molecule has 1 N–H and O–H groups in total. The number of fused-ring (bicyclic) bond motifs is 2. The Kier molecular flexibility index (Phi) is 6.63. The third-order valence-corrected chi connectivity index (χ3v) is 2.84. The van der Waals surface area contributed by atoms with E-state index in [0.717, 1.165) is 22.1 Å². The highest BCUT2D eigenvalue weighted by molar-refractivity contribution is 6.19. The molecule has 0 aliphatic rings. The van der Waals surface area contributed by atoms with Crippen LogP contribution in [0.4, 0.5) is 0 Å². The minimum atomic E-state index is -1.43. The van der Waals surface area contributed by atoms with E-state index in [9.17, 15) is 0 Å². The first-order valence-electron chi connectivity index (χ1n) is 7.20. The molecule has 124 valence electrons. The molecule has 4 rings (SSSR count). The van der Waals surface area contributed by atoms with E-state index in [4.69, 9.17) is 14.7 Å². The van der Waals surface area contributed by atoms with Gasteiger partial charge in [0, 0.05) is 24.8 Å². The van der Waals surface area contributed by atoms with Crippen LogP contribution in [0.25, 0.3) is 22.1 Å². The molecule has 0 saturated heterocycles. The Labute approximate surface area is 143 Å². The van der Waals surface area contributed by atoms with Crippen molar-refractivity contribution in [2.75, 3.05) is 0 Å². The molecule has 25 heavy (non-hydrogen) atoms. The second-order valence-electron chi connectivity index (χ2n) is 4.55. The average Bonchev–Trinajstić information content (AvgIpc) is 2.69. The number of pyridine rings is 4. The smallest absolute Gasteiger partial charge is 0.368 e. The van der Waals surface area contributed by atoms with Gasteiger partial charge in [0.25, 0.3) is 0 Å². The second-order valence-corrected chi connectivity index (χ2v) is 4.55. The summed E-state index contributed by atoms with van der Waals surface area (Å²) in [6, 6.07) is 15.3. The minimum absolute atomic E-state index is 0.167. The lowest BCUT2D eigenvalue weighted by molar-refractivity contribution is -0.143. The fourth-order valence-electron chi connectivity index (χ4n) is 1.81. The number of rotatable bonds is 1. The van der Waals surface area contributed by atoms with Crippen molar-refractivity contribution < 1.29 is 14.7 Å². The fraction of sp³-hybridized carbons (Fsp3) is 0. The molecule has 7 heteroatoms. The van der Waals surface area contributed by atoms with Gasteiger partial charge in [0.15, 0.2) is 0 Å². The first-order chi connectivity index (χ1) is 12.2. The summed E-state index contributed by atoms with van der Waals surface area (Å²) in [5.41, 5.74) is 3.80. The van der Waals surface area contributed by atoms with Crippen LogP contribution in [-0.2, 0) is 9.59 Å². The molecule has 0 radical (unpaired) electrons. The molecule has 0 bridgehead atoms. The van der Waals surface area contributed by atoms with Gasteiger partial charge in [-0.15, -0.1) is 0 Å². The fourth-order valence-corrected chi connectivity index (χ4v) is 1.81. The van der Waals surface area contributed by atoms with Crippen LogP contribution in [0.5, 0.6) is 0 Å². The van der Waals surface area contributed by atoms with Crippen LogP contribution in [0.15, 0.2) is 73.3 Å². The van der Waals surface area contributed by atoms with Crippen LogP contribution in [0.2, 0.25) is 0 Å². The van der Waals surface area contributed by atoms with Crippen LogP contribution in [0.3, 0.4) is 0 Å². The quantitative estimate of drug-likeness (QED) is 0.421. The molecule has 0 aliphatic carbocycles. The Morgan fingerprint density at radius 1 is 0.680 bits per heavy atom. The molecule has 4 aromatic rings. The number of aliphatic carboxylic acids is 1. The summed E-state index contributed by atoms with van der Waals surface area (Å²) >= 11 is 0. The molecule has 4 aromatic heterocycles. The van der Waals surface area contributed by atoms with E-state index in [1.54, 1.807) is 24.8 Å². The van der Waals surface area contributed by atoms with Crippen LogP contribution in [-0.4, -0.2) is 37.3 Å². The SMILES string of the molecule is O=CC(=O)O.c1cnc2cccnc2c1.c1cnc2cccnc2c1. The summed E-state index contributed by atoms with van der Waals surface area (Å²) in [4.78, 5) is 34.4. The molecule has 0 atom stereocenters. The van der Waals surface area contributed by atoms with Gasteiger partial charge < -0.3 is 5.11 Å². The van der Waals surface area contributed by atoms with Gasteiger partial charge in [-0.2, -0.15) is 0 Å². The summed E-state index contributed by atoms with van der Waals surface area (Å²) in [6.45, 7) is 0. The summed E-state index contributed by atoms with van der Waals surface area (Å²) in [5.74, 6) is -1.43.